The highest BCUT2D eigenvalue weighted by atomic mass is 35.5. The first kappa shape index (κ1) is 15.9. The maximum atomic E-state index is 11.5. The highest BCUT2D eigenvalue weighted by Gasteiger charge is 2.52. The monoisotopic (exact) mass is 319 g/mol. The third kappa shape index (κ3) is 2.27. The Labute approximate surface area is 139 Å². The van der Waals surface area contributed by atoms with Crippen LogP contribution in [0.3, 0.4) is 0 Å². The number of hydrogen-bond donors (Lipinski definition) is 0. The van der Waals surface area contributed by atoms with Crippen LogP contribution in [0.1, 0.15) is 54.4 Å². The van der Waals surface area contributed by atoms with Crippen molar-refractivity contribution in [2.24, 2.45) is 17.8 Å². The SMILES string of the molecule is CN(C)c1c(C=O)cccc1C12CC3CC(CC(C3)C1)C2.Cl. The lowest BCUT2D eigenvalue weighted by atomic mass is 9.48. The molecule has 0 aliphatic heterocycles. The van der Waals surface area contributed by atoms with Gasteiger partial charge in [0.25, 0.3) is 0 Å². The molecular weight excluding hydrogens is 294 g/mol. The van der Waals surface area contributed by atoms with E-state index in [0.717, 1.165) is 29.6 Å². The molecule has 0 aromatic heterocycles. The van der Waals surface area contributed by atoms with E-state index in [0.29, 0.717) is 5.41 Å². The van der Waals surface area contributed by atoms with Crippen molar-refractivity contribution in [1.29, 1.82) is 0 Å². The summed E-state index contributed by atoms with van der Waals surface area (Å²) in [5.41, 5.74) is 3.84. The summed E-state index contributed by atoms with van der Waals surface area (Å²) in [7, 11) is 4.15. The topological polar surface area (TPSA) is 20.3 Å². The number of anilines is 1. The molecule has 4 bridgehead atoms. The summed E-state index contributed by atoms with van der Waals surface area (Å²) in [5.74, 6) is 2.81. The normalized spacial score (nSPS) is 35.1. The molecule has 3 heteroatoms. The number of benzene rings is 1. The predicted molar refractivity (Wildman–Crippen MR) is 93.3 cm³/mol. The third-order valence-electron chi connectivity index (χ3n) is 6.25. The fourth-order valence-corrected chi connectivity index (χ4v) is 6.02. The summed E-state index contributed by atoms with van der Waals surface area (Å²) in [5, 5.41) is 0. The predicted octanol–water partition coefficient (Wildman–Crippen LogP) is 4.45. The van der Waals surface area contributed by atoms with E-state index in [4.69, 9.17) is 0 Å². The molecular formula is C19H26ClNO. The van der Waals surface area contributed by atoms with Crippen molar-refractivity contribution in [1.82, 2.24) is 0 Å². The van der Waals surface area contributed by atoms with Gasteiger partial charge in [0.2, 0.25) is 0 Å². The van der Waals surface area contributed by atoms with Crippen LogP contribution >= 0.6 is 12.4 Å². The van der Waals surface area contributed by atoms with Crippen LogP contribution in [0.15, 0.2) is 18.2 Å². The third-order valence-corrected chi connectivity index (χ3v) is 6.25. The summed E-state index contributed by atoms with van der Waals surface area (Å²) < 4.78 is 0. The Morgan fingerprint density at radius 2 is 1.59 bits per heavy atom. The van der Waals surface area contributed by atoms with E-state index in [1.54, 1.807) is 0 Å². The number of halogens is 1. The van der Waals surface area contributed by atoms with E-state index in [2.05, 4.69) is 31.1 Å². The molecule has 2 nitrogen and oxygen atoms in total. The largest absolute Gasteiger partial charge is 0.377 e. The first-order chi connectivity index (χ1) is 10.1. The van der Waals surface area contributed by atoms with E-state index in [1.165, 1.54) is 49.8 Å². The zero-order chi connectivity index (χ0) is 14.6. The number of hydrogen-bond acceptors (Lipinski definition) is 2. The second kappa shape index (κ2) is 5.56. The Balaban J connectivity index is 0.00000144. The maximum absolute atomic E-state index is 11.5. The van der Waals surface area contributed by atoms with Crippen LogP contribution < -0.4 is 4.90 Å². The first-order valence-electron chi connectivity index (χ1n) is 8.37. The molecule has 0 spiro atoms. The molecule has 0 unspecified atom stereocenters. The minimum absolute atomic E-state index is 0. The molecule has 0 heterocycles. The van der Waals surface area contributed by atoms with Crippen molar-refractivity contribution in [2.75, 3.05) is 19.0 Å². The number of rotatable bonds is 3. The van der Waals surface area contributed by atoms with Crippen LogP contribution in [0.2, 0.25) is 0 Å². The zero-order valence-electron chi connectivity index (χ0n) is 13.5. The molecule has 4 fully saturated rings. The molecule has 120 valence electrons. The minimum atomic E-state index is 0. The van der Waals surface area contributed by atoms with E-state index in [1.807, 2.05) is 6.07 Å². The number of para-hydroxylation sites is 1. The molecule has 0 amide bonds. The van der Waals surface area contributed by atoms with Crippen molar-refractivity contribution in [3.63, 3.8) is 0 Å². The molecule has 0 saturated heterocycles. The number of aldehydes is 1. The summed E-state index contributed by atoms with van der Waals surface area (Å²) in [6, 6.07) is 6.35. The fraction of sp³-hybridized carbons (Fsp3) is 0.632. The lowest BCUT2D eigenvalue weighted by Crippen LogP contribution is -2.49. The van der Waals surface area contributed by atoms with Crippen molar-refractivity contribution < 1.29 is 4.79 Å². The number of nitrogens with zero attached hydrogens (tertiary/aromatic N) is 1. The van der Waals surface area contributed by atoms with Gasteiger partial charge in [0, 0.05) is 19.7 Å². The second-order valence-electron chi connectivity index (χ2n) is 7.95. The van der Waals surface area contributed by atoms with E-state index >= 15 is 0 Å². The van der Waals surface area contributed by atoms with Crippen molar-refractivity contribution >= 4 is 24.4 Å². The molecule has 0 N–H and O–H groups in total. The highest BCUT2D eigenvalue weighted by molar-refractivity contribution is 5.86. The summed E-state index contributed by atoms with van der Waals surface area (Å²) >= 11 is 0. The van der Waals surface area contributed by atoms with Gasteiger partial charge in [0.15, 0.2) is 6.29 Å². The molecule has 0 radical (unpaired) electrons. The van der Waals surface area contributed by atoms with Crippen molar-refractivity contribution in [2.45, 2.75) is 43.9 Å². The Morgan fingerprint density at radius 3 is 2.05 bits per heavy atom. The van der Waals surface area contributed by atoms with Gasteiger partial charge in [-0.15, -0.1) is 12.4 Å². The summed E-state index contributed by atoms with van der Waals surface area (Å²) in [4.78, 5) is 13.6. The average molecular weight is 320 g/mol. The molecule has 1 aromatic rings. The average Bonchev–Trinajstić information content (AvgIpc) is 2.44. The first-order valence-corrected chi connectivity index (χ1v) is 8.37. The molecule has 22 heavy (non-hydrogen) atoms. The fourth-order valence-electron chi connectivity index (χ4n) is 6.02. The Hall–Kier alpha value is -1.02. The summed E-state index contributed by atoms with van der Waals surface area (Å²) in [6.07, 6.45) is 9.46. The lowest BCUT2D eigenvalue weighted by Gasteiger charge is -2.57. The Morgan fingerprint density at radius 1 is 1.05 bits per heavy atom. The Kier molecular flexibility index (Phi) is 4.01. The molecule has 5 rings (SSSR count). The number of carbonyl (C=O) groups excluding carboxylic acids is 1. The lowest BCUT2D eigenvalue weighted by molar-refractivity contribution is -0.00495. The standard InChI is InChI=1S/C19H25NO.ClH/c1-20(2)18-16(12-21)4-3-5-17(18)19-9-13-6-14(10-19)8-15(7-13)11-19;/h3-5,12-15H,6-11H2,1-2H3;1H. The van der Waals surface area contributed by atoms with Crippen LogP contribution in [0, 0.1) is 17.8 Å². The maximum Gasteiger partial charge on any atom is 0.152 e. The van der Waals surface area contributed by atoms with Gasteiger partial charge in [-0.2, -0.15) is 0 Å². The number of carbonyl (C=O) groups is 1. The minimum Gasteiger partial charge on any atom is -0.377 e. The van der Waals surface area contributed by atoms with Crippen LogP contribution in [0.5, 0.6) is 0 Å². The quantitative estimate of drug-likeness (QED) is 0.767. The smallest absolute Gasteiger partial charge is 0.152 e. The molecule has 4 aliphatic carbocycles. The van der Waals surface area contributed by atoms with Crippen molar-refractivity contribution in [3.05, 3.63) is 29.3 Å². The second-order valence-corrected chi connectivity index (χ2v) is 7.95. The van der Waals surface area contributed by atoms with Gasteiger partial charge in [-0.05, 0) is 73.3 Å². The van der Waals surface area contributed by atoms with Crippen LogP contribution in [-0.2, 0) is 5.41 Å². The van der Waals surface area contributed by atoms with Crippen LogP contribution in [0.4, 0.5) is 5.69 Å². The van der Waals surface area contributed by atoms with E-state index in [-0.39, 0.29) is 12.4 Å². The van der Waals surface area contributed by atoms with Gasteiger partial charge in [-0.1, -0.05) is 12.1 Å². The van der Waals surface area contributed by atoms with Gasteiger partial charge < -0.3 is 4.90 Å². The van der Waals surface area contributed by atoms with Gasteiger partial charge in [-0.25, -0.2) is 0 Å². The zero-order valence-corrected chi connectivity index (χ0v) is 14.4. The van der Waals surface area contributed by atoms with Crippen molar-refractivity contribution in [3.8, 4) is 0 Å². The molecule has 1 aromatic carbocycles. The molecule has 4 aliphatic rings. The summed E-state index contributed by atoms with van der Waals surface area (Å²) in [6.45, 7) is 0. The van der Waals surface area contributed by atoms with Gasteiger partial charge in [0.1, 0.15) is 0 Å². The molecule has 0 atom stereocenters. The van der Waals surface area contributed by atoms with Crippen LogP contribution in [0.25, 0.3) is 0 Å². The molecule has 4 saturated carbocycles. The van der Waals surface area contributed by atoms with Gasteiger partial charge >= 0.3 is 0 Å². The van der Waals surface area contributed by atoms with E-state index < -0.39 is 0 Å². The Bertz CT molecular complexity index is 546. The van der Waals surface area contributed by atoms with E-state index in [9.17, 15) is 4.79 Å². The van der Waals surface area contributed by atoms with Gasteiger partial charge in [-0.3, -0.25) is 4.79 Å². The highest BCUT2D eigenvalue weighted by Crippen LogP contribution is 2.61. The van der Waals surface area contributed by atoms with Crippen LogP contribution in [-0.4, -0.2) is 20.4 Å². The van der Waals surface area contributed by atoms with Gasteiger partial charge in [0.05, 0.1) is 5.69 Å².